The van der Waals surface area contributed by atoms with Crippen molar-refractivity contribution in [3.05, 3.63) is 34.3 Å². The van der Waals surface area contributed by atoms with E-state index in [1.807, 2.05) is 0 Å². The first kappa shape index (κ1) is 11.1. The van der Waals surface area contributed by atoms with E-state index in [9.17, 15) is 9.59 Å². The van der Waals surface area contributed by atoms with Gasteiger partial charge in [0.2, 0.25) is 0 Å². The Labute approximate surface area is 95.7 Å². The highest BCUT2D eigenvalue weighted by atomic mass is 16.4. The van der Waals surface area contributed by atoms with Crippen LogP contribution in [-0.4, -0.2) is 35.2 Å². The van der Waals surface area contributed by atoms with E-state index in [-0.39, 0.29) is 17.8 Å². The summed E-state index contributed by atoms with van der Waals surface area (Å²) in [4.78, 5) is 22.5. The van der Waals surface area contributed by atoms with E-state index in [2.05, 4.69) is 10.2 Å². The number of aromatic nitrogens is 5. The average molecular weight is 237 g/mol. The van der Waals surface area contributed by atoms with Crippen molar-refractivity contribution in [1.29, 1.82) is 0 Å². The van der Waals surface area contributed by atoms with Crippen LogP contribution in [0.25, 0.3) is 0 Å². The smallest absolute Gasteiger partial charge is 0.345 e. The summed E-state index contributed by atoms with van der Waals surface area (Å²) in [6, 6.07) is 0. The van der Waals surface area contributed by atoms with Crippen molar-refractivity contribution in [3.8, 4) is 0 Å². The van der Waals surface area contributed by atoms with Gasteiger partial charge in [0.05, 0.1) is 18.4 Å². The summed E-state index contributed by atoms with van der Waals surface area (Å²) in [5, 5.41) is 16.7. The quantitative estimate of drug-likeness (QED) is 0.743. The second-order valence-corrected chi connectivity index (χ2v) is 3.62. The number of carboxylic acids is 1. The molecule has 2 heterocycles. The molecule has 17 heavy (non-hydrogen) atoms. The number of hydrogen-bond donors (Lipinski definition) is 1. The summed E-state index contributed by atoms with van der Waals surface area (Å²) in [5.41, 5.74) is 0.200. The third kappa shape index (κ3) is 1.84. The molecule has 0 bridgehead atoms. The van der Waals surface area contributed by atoms with Crippen LogP contribution < -0.4 is 5.69 Å². The lowest BCUT2D eigenvalue weighted by Crippen LogP contribution is -2.25. The molecule has 0 atom stereocenters. The van der Waals surface area contributed by atoms with E-state index in [4.69, 9.17) is 5.11 Å². The maximum Gasteiger partial charge on any atom is 0.345 e. The largest absolute Gasteiger partial charge is 0.478 e. The Morgan fingerprint density at radius 1 is 1.41 bits per heavy atom. The zero-order valence-corrected chi connectivity index (χ0v) is 9.36. The molecule has 0 aliphatic rings. The molecule has 90 valence electrons. The van der Waals surface area contributed by atoms with Gasteiger partial charge < -0.3 is 5.11 Å². The summed E-state index contributed by atoms with van der Waals surface area (Å²) in [6.07, 6.45) is 2.63. The molecule has 1 N–H and O–H groups in total. The van der Waals surface area contributed by atoms with Gasteiger partial charge >= 0.3 is 11.7 Å². The highest BCUT2D eigenvalue weighted by Crippen LogP contribution is 2.08. The minimum absolute atomic E-state index is 0.0741. The van der Waals surface area contributed by atoms with Crippen LogP contribution in [0.3, 0.4) is 0 Å². The predicted octanol–water partition coefficient (Wildman–Crippen LogP) is -0.938. The molecule has 0 fully saturated rings. The van der Waals surface area contributed by atoms with E-state index >= 15 is 0 Å². The monoisotopic (exact) mass is 237 g/mol. The number of aromatic carboxylic acids is 1. The predicted molar refractivity (Wildman–Crippen MR) is 56.7 cm³/mol. The Morgan fingerprint density at radius 3 is 2.65 bits per heavy atom. The molecular formula is C9H11N5O3. The van der Waals surface area contributed by atoms with Crippen molar-refractivity contribution < 1.29 is 9.90 Å². The number of nitrogens with zero attached hydrogens (tertiary/aromatic N) is 5. The lowest BCUT2D eigenvalue weighted by molar-refractivity contribution is 0.0695. The molecule has 0 spiro atoms. The van der Waals surface area contributed by atoms with Gasteiger partial charge in [-0.1, -0.05) is 0 Å². The molecule has 0 saturated carbocycles. The molecule has 2 aromatic rings. The summed E-state index contributed by atoms with van der Waals surface area (Å²) < 4.78 is 3.92. The van der Waals surface area contributed by atoms with Gasteiger partial charge in [-0.25, -0.2) is 14.3 Å². The highest BCUT2D eigenvalue weighted by Gasteiger charge is 2.16. The van der Waals surface area contributed by atoms with Crippen LogP contribution in [0.15, 0.2) is 17.3 Å². The van der Waals surface area contributed by atoms with Gasteiger partial charge in [-0.3, -0.25) is 9.25 Å². The van der Waals surface area contributed by atoms with Crippen LogP contribution in [0.4, 0.5) is 0 Å². The van der Waals surface area contributed by atoms with Crippen LogP contribution >= 0.6 is 0 Å². The van der Waals surface area contributed by atoms with E-state index in [1.54, 1.807) is 14.1 Å². The first-order valence-corrected chi connectivity index (χ1v) is 4.83. The number of rotatable bonds is 3. The summed E-state index contributed by atoms with van der Waals surface area (Å²) in [5.74, 6) is -1.07. The fraction of sp³-hybridized carbons (Fsp3) is 0.333. The normalized spacial score (nSPS) is 10.7. The third-order valence-corrected chi connectivity index (χ3v) is 2.48. The maximum atomic E-state index is 11.6. The van der Waals surface area contributed by atoms with Crippen LogP contribution in [0.1, 0.15) is 16.1 Å². The molecule has 0 aliphatic carbocycles. The van der Waals surface area contributed by atoms with Gasteiger partial charge in [0.15, 0.2) is 0 Å². The Bertz CT molecular complexity index is 621. The molecule has 8 nitrogen and oxygen atoms in total. The van der Waals surface area contributed by atoms with Crippen molar-refractivity contribution in [2.24, 2.45) is 14.1 Å². The van der Waals surface area contributed by atoms with E-state index in [0.29, 0.717) is 5.69 Å². The summed E-state index contributed by atoms with van der Waals surface area (Å²) >= 11 is 0. The Hall–Kier alpha value is -2.38. The topological polar surface area (TPSA) is 94.9 Å². The number of carboxylic acid groups (broad SMARTS) is 1. The van der Waals surface area contributed by atoms with E-state index < -0.39 is 5.97 Å². The van der Waals surface area contributed by atoms with Crippen molar-refractivity contribution in [1.82, 2.24) is 24.1 Å². The Balaban J connectivity index is 2.43. The van der Waals surface area contributed by atoms with Crippen molar-refractivity contribution >= 4 is 5.97 Å². The molecular weight excluding hydrogens is 226 g/mol. The molecule has 0 radical (unpaired) electrons. The minimum atomic E-state index is -1.07. The van der Waals surface area contributed by atoms with Crippen LogP contribution in [-0.2, 0) is 20.6 Å². The Kier molecular flexibility index (Phi) is 2.54. The lowest BCUT2D eigenvalue weighted by atomic mass is 10.2. The van der Waals surface area contributed by atoms with Gasteiger partial charge in [-0.2, -0.15) is 10.2 Å². The molecule has 8 heteroatoms. The first-order chi connectivity index (χ1) is 8.00. The molecule has 2 rings (SSSR count). The zero-order chi connectivity index (χ0) is 12.6. The number of aryl methyl sites for hydroxylation is 2. The number of carbonyl (C=O) groups is 1. The first-order valence-electron chi connectivity index (χ1n) is 4.83. The maximum absolute atomic E-state index is 11.6. The second-order valence-electron chi connectivity index (χ2n) is 3.62. The van der Waals surface area contributed by atoms with Crippen molar-refractivity contribution in [2.75, 3.05) is 0 Å². The molecule has 2 aromatic heterocycles. The molecule has 0 amide bonds. The molecule has 0 aliphatic heterocycles. The number of hydrogen-bond acceptors (Lipinski definition) is 4. The highest BCUT2D eigenvalue weighted by molar-refractivity contribution is 5.88. The van der Waals surface area contributed by atoms with Gasteiger partial charge in [0.25, 0.3) is 0 Å². The van der Waals surface area contributed by atoms with Gasteiger partial charge in [0.1, 0.15) is 11.9 Å². The van der Waals surface area contributed by atoms with Gasteiger partial charge in [-0.15, -0.1) is 0 Å². The van der Waals surface area contributed by atoms with E-state index in [0.717, 1.165) is 0 Å². The fourth-order valence-corrected chi connectivity index (χ4v) is 1.50. The van der Waals surface area contributed by atoms with Crippen LogP contribution in [0.5, 0.6) is 0 Å². The fourth-order valence-electron chi connectivity index (χ4n) is 1.50. The van der Waals surface area contributed by atoms with Crippen LogP contribution in [0.2, 0.25) is 0 Å². The molecule has 0 aromatic carbocycles. The van der Waals surface area contributed by atoms with Crippen molar-refractivity contribution in [2.45, 2.75) is 6.54 Å². The third-order valence-electron chi connectivity index (χ3n) is 2.48. The standard InChI is InChI=1S/C9H11N5O3/c1-12-5-11-14(9(12)17)4-7-6(8(15)16)3-10-13(7)2/h3,5H,4H2,1-2H3,(H,15,16). The van der Waals surface area contributed by atoms with E-state index in [1.165, 1.54) is 26.5 Å². The van der Waals surface area contributed by atoms with Crippen molar-refractivity contribution in [3.63, 3.8) is 0 Å². The minimum Gasteiger partial charge on any atom is -0.478 e. The molecule has 0 unspecified atom stereocenters. The van der Waals surface area contributed by atoms with Gasteiger partial charge in [0, 0.05) is 14.1 Å². The second kappa shape index (κ2) is 3.89. The molecule has 0 saturated heterocycles. The van der Waals surface area contributed by atoms with Gasteiger partial charge in [-0.05, 0) is 0 Å². The Morgan fingerprint density at radius 2 is 2.12 bits per heavy atom. The summed E-state index contributed by atoms with van der Waals surface area (Å²) in [7, 11) is 3.20. The lowest BCUT2D eigenvalue weighted by Gasteiger charge is -2.02. The summed E-state index contributed by atoms with van der Waals surface area (Å²) in [6.45, 7) is 0.0812. The van der Waals surface area contributed by atoms with Crippen LogP contribution in [0, 0.1) is 0 Å². The zero-order valence-electron chi connectivity index (χ0n) is 9.36. The average Bonchev–Trinajstić information content (AvgIpc) is 2.78. The SMILES string of the molecule is Cn1ncc(C(=O)O)c1Cn1ncn(C)c1=O.